The molecule has 4 N–H and O–H groups in total. The van der Waals surface area contributed by atoms with Crippen molar-refractivity contribution in [1.29, 1.82) is 0 Å². The largest absolute Gasteiger partial charge is 0.383 e. The fourth-order valence-corrected chi connectivity index (χ4v) is 3.15. The maximum absolute atomic E-state index is 13.3. The summed E-state index contributed by atoms with van der Waals surface area (Å²) < 4.78 is 13.3. The molecule has 0 radical (unpaired) electrons. The van der Waals surface area contributed by atoms with Crippen LogP contribution in [0.3, 0.4) is 0 Å². The SMILES string of the molecule is NCc1c(N)nc(-c2ccc(F)cc2Cl)nc1-c1ccc(Cl)cc1Cl. The number of halogens is 4. The van der Waals surface area contributed by atoms with Crippen molar-refractivity contribution in [3.63, 3.8) is 0 Å². The maximum Gasteiger partial charge on any atom is 0.163 e. The van der Waals surface area contributed by atoms with Crippen molar-refractivity contribution in [2.75, 3.05) is 5.73 Å². The first-order valence-corrected chi connectivity index (χ1v) is 8.31. The first-order chi connectivity index (χ1) is 11.9. The van der Waals surface area contributed by atoms with E-state index in [1.807, 2.05) is 0 Å². The molecule has 0 unspecified atom stereocenters. The predicted molar refractivity (Wildman–Crippen MR) is 100 cm³/mol. The molecule has 128 valence electrons. The molecule has 3 aromatic rings. The Labute approximate surface area is 158 Å². The Kier molecular flexibility index (Phi) is 5.11. The number of rotatable bonds is 3. The first-order valence-electron chi connectivity index (χ1n) is 7.18. The molecule has 0 atom stereocenters. The van der Waals surface area contributed by atoms with Crippen molar-refractivity contribution >= 4 is 40.6 Å². The van der Waals surface area contributed by atoms with Gasteiger partial charge in [-0.05, 0) is 36.4 Å². The van der Waals surface area contributed by atoms with Gasteiger partial charge in [-0.2, -0.15) is 0 Å². The molecule has 0 saturated heterocycles. The third-order valence-corrected chi connectivity index (χ3v) is 4.46. The Balaban J connectivity index is 2.26. The molecule has 8 heteroatoms. The standard InChI is InChI=1S/C17H12Cl3FN4/c18-8-1-3-10(13(19)5-8)15-12(7-22)16(23)25-17(24-15)11-4-2-9(21)6-14(11)20/h1-6H,7,22H2,(H2,23,24,25). The summed E-state index contributed by atoms with van der Waals surface area (Å²) >= 11 is 18.4. The van der Waals surface area contributed by atoms with Gasteiger partial charge in [0.05, 0.1) is 15.7 Å². The minimum atomic E-state index is -0.457. The van der Waals surface area contributed by atoms with Crippen molar-refractivity contribution in [2.24, 2.45) is 5.73 Å². The van der Waals surface area contributed by atoms with Gasteiger partial charge < -0.3 is 11.5 Å². The zero-order valence-electron chi connectivity index (χ0n) is 12.7. The molecule has 2 aromatic carbocycles. The minimum Gasteiger partial charge on any atom is -0.383 e. The summed E-state index contributed by atoms with van der Waals surface area (Å²) in [5.41, 5.74) is 13.9. The zero-order valence-corrected chi connectivity index (χ0v) is 15.0. The lowest BCUT2D eigenvalue weighted by atomic mass is 10.1. The number of benzene rings is 2. The Morgan fingerprint density at radius 1 is 0.920 bits per heavy atom. The lowest BCUT2D eigenvalue weighted by molar-refractivity contribution is 0.628. The van der Waals surface area contributed by atoms with Crippen LogP contribution in [0.4, 0.5) is 10.2 Å². The van der Waals surface area contributed by atoms with E-state index in [9.17, 15) is 4.39 Å². The van der Waals surface area contributed by atoms with Crippen molar-refractivity contribution < 1.29 is 4.39 Å². The monoisotopic (exact) mass is 396 g/mol. The Bertz CT molecular complexity index is 963. The van der Waals surface area contributed by atoms with Crippen LogP contribution >= 0.6 is 34.8 Å². The molecular formula is C17H12Cl3FN4. The van der Waals surface area contributed by atoms with Crippen molar-refractivity contribution in [3.8, 4) is 22.6 Å². The van der Waals surface area contributed by atoms with E-state index >= 15 is 0 Å². The zero-order chi connectivity index (χ0) is 18.1. The van der Waals surface area contributed by atoms with E-state index in [4.69, 9.17) is 46.3 Å². The van der Waals surface area contributed by atoms with Crippen LogP contribution in [-0.2, 0) is 6.54 Å². The molecule has 0 spiro atoms. The van der Waals surface area contributed by atoms with Gasteiger partial charge in [-0.1, -0.05) is 34.8 Å². The molecule has 25 heavy (non-hydrogen) atoms. The van der Waals surface area contributed by atoms with Gasteiger partial charge in [0, 0.05) is 28.3 Å². The summed E-state index contributed by atoms with van der Waals surface area (Å²) in [4.78, 5) is 8.77. The summed E-state index contributed by atoms with van der Waals surface area (Å²) in [6.07, 6.45) is 0. The molecule has 0 fully saturated rings. The van der Waals surface area contributed by atoms with E-state index in [2.05, 4.69) is 9.97 Å². The van der Waals surface area contributed by atoms with E-state index in [1.165, 1.54) is 18.2 Å². The second-order valence-corrected chi connectivity index (χ2v) is 6.46. The third kappa shape index (κ3) is 3.55. The van der Waals surface area contributed by atoms with E-state index in [1.54, 1.807) is 18.2 Å². The summed E-state index contributed by atoms with van der Waals surface area (Å²) in [6.45, 7) is 0.123. The molecule has 0 saturated carbocycles. The molecule has 4 nitrogen and oxygen atoms in total. The van der Waals surface area contributed by atoms with Gasteiger partial charge in [0.15, 0.2) is 5.82 Å². The number of anilines is 1. The highest BCUT2D eigenvalue weighted by molar-refractivity contribution is 6.36. The van der Waals surface area contributed by atoms with Gasteiger partial charge >= 0.3 is 0 Å². The number of hydrogen-bond acceptors (Lipinski definition) is 4. The second kappa shape index (κ2) is 7.14. The molecule has 0 bridgehead atoms. The van der Waals surface area contributed by atoms with E-state index < -0.39 is 5.82 Å². The number of nitrogens with two attached hydrogens (primary N) is 2. The van der Waals surface area contributed by atoms with E-state index in [0.717, 1.165) is 0 Å². The van der Waals surface area contributed by atoms with Gasteiger partial charge in [-0.25, -0.2) is 14.4 Å². The Hall–Kier alpha value is -1.92. The Morgan fingerprint density at radius 3 is 2.24 bits per heavy atom. The number of hydrogen-bond donors (Lipinski definition) is 2. The fraction of sp³-hybridized carbons (Fsp3) is 0.0588. The average molecular weight is 398 g/mol. The third-order valence-electron chi connectivity index (χ3n) is 3.60. The van der Waals surface area contributed by atoms with Crippen LogP contribution in [-0.4, -0.2) is 9.97 Å². The number of nitrogens with zero attached hydrogens (tertiary/aromatic N) is 2. The van der Waals surface area contributed by atoms with E-state index in [0.29, 0.717) is 32.4 Å². The van der Waals surface area contributed by atoms with Crippen LogP contribution in [0, 0.1) is 5.82 Å². The van der Waals surface area contributed by atoms with Crippen LogP contribution in [0.25, 0.3) is 22.6 Å². The van der Waals surface area contributed by atoms with Gasteiger partial charge in [0.1, 0.15) is 11.6 Å². The molecule has 3 rings (SSSR count). The first kappa shape index (κ1) is 17.9. The van der Waals surface area contributed by atoms with Gasteiger partial charge in [0.2, 0.25) is 0 Å². The fourth-order valence-electron chi connectivity index (χ4n) is 2.40. The second-order valence-electron chi connectivity index (χ2n) is 5.21. The number of aromatic nitrogens is 2. The van der Waals surface area contributed by atoms with Gasteiger partial charge in [-0.15, -0.1) is 0 Å². The van der Waals surface area contributed by atoms with Crippen LogP contribution in [0.2, 0.25) is 15.1 Å². The van der Waals surface area contributed by atoms with Crippen LogP contribution in [0.1, 0.15) is 5.56 Å². The van der Waals surface area contributed by atoms with Crippen LogP contribution in [0.15, 0.2) is 36.4 Å². The van der Waals surface area contributed by atoms with Gasteiger partial charge in [-0.3, -0.25) is 0 Å². The normalized spacial score (nSPS) is 10.9. The smallest absolute Gasteiger partial charge is 0.163 e. The summed E-state index contributed by atoms with van der Waals surface area (Å²) in [5.74, 6) is -0.00380. The summed E-state index contributed by atoms with van der Waals surface area (Å²) in [6, 6.07) is 8.95. The quantitative estimate of drug-likeness (QED) is 0.655. The highest BCUT2D eigenvalue weighted by atomic mass is 35.5. The Morgan fingerprint density at radius 2 is 1.60 bits per heavy atom. The summed E-state index contributed by atoms with van der Waals surface area (Å²) in [5, 5.41) is 1.07. The topological polar surface area (TPSA) is 77.8 Å². The van der Waals surface area contributed by atoms with Crippen molar-refractivity contribution in [2.45, 2.75) is 6.54 Å². The maximum atomic E-state index is 13.3. The van der Waals surface area contributed by atoms with Crippen LogP contribution in [0.5, 0.6) is 0 Å². The molecule has 0 amide bonds. The summed E-state index contributed by atoms with van der Waals surface area (Å²) in [7, 11) is 0. The predicted octanol–water partition coefficient (Wildman–Crippen LogP) is 4.95. The van der Waals surface area contributed by atoms with E-state index in [-0.39, 0.29) is 23.2 Å². The molecular weight excluding hydrogens is 386 g/mol. The number of nitrogen functional groups attached to an aromatic ring is 1. The van der Waals surface area contributed by atoms with Crippen molar-refractivity contribution in [1.82, 2.24) is 9.97 Å². The molecule has 0 aliphatic rings. The highest BCUT2D eigenvalue weighted by Crippen LogP contribution is 2.35. The van der Waals surface area contributed by atoms with Crippen molar-refractivity contribution in [3.05, 3.63) is 62.8 Å². The molecule has 0 aliphatic heterocycles. The van der Waals surface area contributed by atoms with Gasteiger partial charge in [0.25, 0.3) is 0 Å². The average Bonchev–Trinajstić information content (AvgIpc) is 2.54. The molecule has 1 heterocycles. The lowest BCUT2D eigenvalue weighted by Gasteiger charge is -2.14. The van der Waals surface area contributed by atoms with Crippen LogP contribution < -0.4 is 11.5 Å². The molecule has 0 aliphatic carbocycles. The minimum absolute atomic E-state index is 0.123. The highest BCUT2D eigenvalue weighted by Gasteiger charge is 2.18. The molecule has 1 aromatic heterocycles. The lowest BCUT2D eigenvalue weighted by Crippen LogP contribution is -2.09.